The van der Waals surface area contributed by atoms with E-state index in [0.717, 1.165) is 13.0 Å². The zero-order valence-corrected chi connectivity index (χ0v) is 11.0. The van der Waals surface area contributed by atoms with Gasteiger partial charge in [0.2, 0.25) is 0 Å². The van der Waals surface area contributed by atoms with Crippen molar-refractivity contribution in [3.8, 4) is 0 Å². The molecule has 0 rings (SSSR count). The molecule has 0 aliphatic rings. The Labute approximate surface area is 94.2 Å². The molecular formula is C12H27NO2. The molecule has 0 spiro atoms. The van der Waals surface area contributed by atoms with Crippen molar-refractivity contribution >= 4 is 0 Å². The molecule has 0 heterocycles. The molecule has 0 radical (unpaired) electrons. The summed E-state index contributed by atoms with van der Waals surface area (Å²) in [6.07, 6.45) is 0.867. The minimum absolute atomic E-state index is 0.0538. The van der Waals surface area contributed by atoms with Crippen LogP contribution in [0.15, 0.2) is 0 Å². The number of ether oxygens (including phenoxy) is 1. The van der Waals surface area contributed by atoms with Crippen LogP contribution in [0.4, 0.5) is 0 Å². The van der Waals surface area contributed by atoms with E-state index in [1.807, 2.05) is 13.8 Å². The molecule has 0 saturated carbocycles. The summed E-state index contributed by atoms with van der Waals surface area (Å²) in [5.41, 5.74) is -0.0538. The topological polar surface area (TPSA) is 41.5 Å². The van der Waals surface area contributed by atoms with Crippen LogP contribution in [-0.4, -0.2) is 37.0 Å². The maximum Gasteiger partial charge on any atom is 0.0693 e. The predicted octanol–water partition coefficient (Wildman–Crippen LogP) is 1.80. The van der Waals surface area contributed by atoms with E-state index in [1.54, 1.807) is 7.11 Å². The second-order valence-electron chi connectivity index (χ2n) is 4.79. The maximum absolute atomic E-state index is 9.71. The number of rotatable bonds is 7. The van der Waals surface area contributed by atoms with Gasteiger partial charge < -0.3 is 15.2 Å². The summed E-state index contributed by atoms with van der Waals surface area (Å²) in [5, 5.41) is 13.1. The van der Waals surface area contributed by atoms with Crippen LogP contribution in [0.1, 0.15) is 41.0 Å². The predicted molar refractivity (Wildman–Crippen MR) is 64.0 cm³/mol. The molecular weight excluding hydrogens is 190 g/mol. The molecule has 3 heteroatoms. The van der Waals surface area contributed by atoms with Crippen LogP contribution in [-0.2, 0) is 4.74 Å². The molecule has 2 N–H and O–H groups in total. The standard InChI is InChI=1S/C12H27NO2/c1-7-12(5,11(4)14)8-13-9(2)10(3)15-6/h9-11,13-14H,7-8H2,1-6H3. The van der Waals surface area contributed by atoms with Gasteiger partial charge in [0.15, 0.2) is 0 Å². The number of aliphatic hydroxyl groups excluding tert-OH is 1. The molecule has 4 unspecified atom stereocenters. The van der Waals surface area contributed by atoms with E-state index in [-0.39, 0.29) is 17.6 Å². The first kappa shape index (κ1) is 14.9. The first-order chi connectivity index (χ1) is 6.87. The van der Waals surface area contributed by atoms with Crippen LogP contribution >= 0.6 is 0 Å². The lowest BCUT2D eigenvalue weighted by molar-refractivity contribution is 0.0363. The highest BCUT2D eigenvalue weighted by Crippen LogP contribution is 2.24. The van der Waals surface area contributed by atoms with Gasteiger partial charge in [0.05, 0.1) is 12.2 Å². The fraction of sp³-hybridized carbons (Fsp3) is 1.00. The Kier molecular flexibility index (Phi) is 6.41. The third kappa shape index (κ3) is 4.49. The minimum Gasteiger partial charge on any atom is -0.393 e. The molecule has 0 aromatic heterocycles. The van der Waals surface area contributed by atoms with Gasteiger partial charge in [0, 0.05) is 25.1 Å². The van der Waals surface area contributed by atoms with E-state index in [2.05, 4.69) is 26.1 Å². The zero-order chi connectivity index (χ0) is 12.1. The first-order valence-corrected chi connectivity index (χ1v) is 5.81. The highest BCUT2D eigenvalue weighted by atomic mass is 16.5. The summed E-state index contributed by atoms with van der Waals surface area (Å²) in [7, 11) is 1.72. The summed E-state index contributed by atoms with van der Waals surface area (Å²) in [4.78, 5) is 0. The van der Waals surface area contributed by atoms with E-state index in [1.165, 1.54) is 0 Å². The number of aliphatic hydroxyl groups is 1. The van der Waals surface area contributed by atoms with Gasteiger partial charge in [-0.1, -0.05) is 13.8 Å². The Balaban J connectivity index is 4.12. The molecule has 92 valence electrons. The minimum atomic E-state index is -0.292. The van der Waals surface area contributed by atoms with E-state index >= 15 is 0 Å². The summed E-state index contributed by atoms with van der Waals surface area (Å²) >= 11 is 0. The highest BCUT2D eigenvalue weighted by Gasteiger charge is 2.28. The van der Waals surface area contributed by atoms with Crippen molar-refractivity contribution in [2.24, 2.45) is 5.41 Å². The second-order valence-corrected chi connectivity index (χ2v) is 4.79. The normalized spacial score (nSPS) is 21.8. The van der Waals surface area contributed by atoms with Crippen molar-refractivity contribution in [1.82, 2.24) is 5.32 Å². The van der Waals surface area contributed by atoms with Gasteiger partial charge in [0.1, 0.15) is 0 Å². The number of hydrogen-bond acceptors (Lipinski definition) is 3. The number of hydrogen-bond donors (Lipinski definition) is 2. The van der Waals surface area contributed by atoms with Crippen molar-refractivity contribution in [3.05, 3.63) is 0 Å². The SMILES string of the molecule is CCC(C)(CNC(C)C(C)OC)C(C)O. The van der Waals surface area contributed by atoms with E-state index in [9.17, 15) is 5.11 Å². The van der Waals surface area contributed by atoms with Crippen LogP contribution in [0.3, 0.4) is 0 Å². The van der Waals surface area contributed by atoms with E-state index in [0.29, 0.717) is 6.04 Å². The van der Waals surface area contributed by atoms with Crippen molar-refractivity contribution in [2.45, 2.75) is 59.3 Å². The molecule has 3 nitrogen and oxygen atoms in total. The smallest absolute Gasteiger partial charge is 0.0693 e. The van der Waals surface area contributed by atoms with Gasteiger partial charge >= 0.3 is 0 Å². The zero-order valence-electron chi connectivity index (χ0n) is 11.0. The lowest BCUT2D eigenvalue weighted by atomic mass is 9.82. The summed E-state index contributed by atoms with van der Waals surface area (Å²) in [6, 6.07) is 0.305. The molecule has 4 atom stereocenters. The summed E-state index contributed by atoms with van der Waals surface area (Å²) in [6.45, 7) is 11.0. The Morgan fingerprint density at radius 1 is 1.33 bits per heavy atom. The van der Waals surface area contributed by atoms with Crippen LogP contribution in [0.2, 0.25) is 0 Å². The van der Waals surface area contributed by atoms with Gasteiger partial charge in [-0.25, -0.2) is 0 Å². The van der Waals surface area contributed by atoms with Crippen molar-refractivity contribution in [1.29, 1.82) is 0 Å². The largest absolute Gasteiger partial charge is 0.393 e. The van der Waals surface area contributed by atoms with Crippen molar-refractivity contribution < 1.29 is 9.84 Å². The molecule has 0 bridgehead atoms. The molecule has 0 amide bonds. The second kappa shape index (κ2) is 6.46. The lowest BCUT2D eigenvalue weighted by Gasteiger charge is -2.34. The van der Waals surface area contributed by atoms with Crippen LogP contribution < -0.4 is 5.32 Å². The van der Waals surface area contributed by atoms with Crippen LogP contribution in [0.25, 0.3) is 0 Å². The van der Waals surface area contributed by atoms with Gasteiger partial charge in [-0.3, -0.25) is 0 Å². The molecule has 0 aromatic rings. The third-order valence-corrected chi connectivity index (χ3v) is 3.72. The van der Waals surface area contributed by atoms with Gasteiger partial charge in [-0.2, -0.15) is 0 Å². The average molecular weight is 217 g/mol. The van der Waals surface area contributed by atoms with E-state index < -0.39 is 0 Å². The molecule has 0 aliphatic heterocycles. The molecule has 0 saturated heterocycles. The molecule has 0 fully saturated rings. The average Bonchev–Trinajstić information content (AvgIpc) is 2.23. The Morgan fingerprint density at radius 3 is 2.20 bits per heavy atom. The quantitative estimate of drug-likeness (QED) is 0.683. The lowest BCUT2D eigenvalue weighted by Crippen LogP contribution is -2.46. The van der Waals surface area contributed by atoms with Crippen LogP contribution in [0.5, 0.6) is 0 Å². The molecule has 0 aliphatic carbocycles. The molecule has 15 heavy (non-hydrogen) atoms. The summed E-state index contributed by atoms with van der Waals surface area (Å²) < 4.78 is 5.25. The fourth-order valence-electron chi connectivity index (χ4n) is 1.33. The van der Waals surface area contributed by atoms with E-state index in [4.69, 9.17) is 4.74 Å². The first-order valence-electron chi connectivity index (χ1n) is 5.81. The highest BCUT2D eigenvalue weighted by molar-refractivity contribution is 4.82. The van der Waals surface area contributed by atoms with Gasteiger partial charge in [-0.15, -0.1) is 0 Å². The maximum atomic E-state index is 9.71. The Bertz CT molecular complexity index is 173. The third-order valence-electron chi connectivity index (χ3n) is 3.72. The molecule has 0 aromatic carbocycles. The van der Waals surface area contributed by atoms with Crippen LogP contribution in [0, 0.1) is 5.41 Å². The van der Waals surface area contributed by atoms with Gasteiger partial charge in [0.25, 0.3) is 0 Å². The number of nitrogens with one attached hydrogen (secondary N) is 1. The van der Waals surface area contributed by atoms with Crippen molar-refractivity contribution in [3.63, 3.8) is 0 Å². The monoisotopic (exact) mass is 217 g/mol. The van der Waals surface area contributed by atoms with Crippen molar-refractivity contribution in [2.75, 3.05) is 13.7 Å². The number of methoxy groups -OCH3 is 1. The summed E-state index contributed by atoms with van der Waals surface area (Å²) in [5.74, 6) is 0. The Hall–Kier alpha value is -0.120. The fourth-order valence-corrected chi connectivity index (χ4v) is 1.33. The van der Waals surface area contributed by atoms with Gasteiger partial charge in [-0.05, 0) is 27.2 Å². The Morgan fingerprint density at radius 2 is 1.87 bits per heavy atom.